The summed E-state index contributed by atoms with van der Waals surface area (Å²) in [4.78, 5) is 17.4. The number of nitrogens with zero attached hydrogens (tertiary/aromatic N) is 2. The van der Waals surface area contributed by atoms with Crippen LogP contribution in [0.15, 0.2) is 53.6 Å². The van der Waals surface area contributed by atoms with Gasteiger partial charge in [0.1, 0.15) is 6.21 Å². The zero-order valence-electron chi connectivity index (χ0n) is 13.8. The predicted octanol–water partition coefficient (Wildman–Crippen LogP) is 3.62. The van der Waals surface area contributed by atoms with Crippen molar-refractivity contribution >= 4 is 17.9 Å². The molecule has 0 saturated carbocycles. The molecule has 5 nitrogen and oxygen atoms in total. The lowest BCUT2D eigenvalue weighted by Gasteiger charge is -2.29. The van der Waals surface area contributed by atoms with Gasteiger partial charge in [-0.3, -0.25) is 9.63 Å². The van der Waals surface area contributed by atoms with Gasteiger partial charge >= 0.3 is 5.97 Å². The minimum absolute atomic E-state index is 0.00444. The first-order valence-corrected chi connectivity index (χ1v) is 8.03. The average molecular weight is 325 g/mol. The molecule has 0 radical (unpaired) electrons. The lowest BCUT2D eigenvalue weighted by Crippen LogP contribution is -2.48. The number of carboxylic acid groups (broad SMARTS) is 1. The van der Waals surface area contributed by atoms with Gasteiger partial charge in [-0.25, -0.2) is 0 Å². The number of para-hydroxylation sites is 2. The Kier molecular flexibility index (Phi) is 4.36. The van der Waals surface area contributed by atoms with E-state index in [2.05, 4.69) is 18.9 Å². The second kappa shape index (κ2) is 6.45. The van der Waals surface area contributed by atoms with Gasteiger partial charge in [-0.05, 0) is 17.2 Å². The quantitative estimate of drug-likeness (QED) is 0.825. The molecule has 1 aliphatic rings. The summed E-state index contributed by atoms with van der Waals surface area (Å²) in [5.41, 5.74) is 2.64. The molecule has 0 aliphatic carbocycles. The molecule has 124 valence electrons. The number of carboxylic acids is 1. The van der Waals surface area contributed by atoms with E-state index in [0.717, 1.165) is 11.3 Å². The van der Waals surface area contributed by atoms with E-state index in [-0.39, 0.29) is 11.2 Å². The van der Waals surface area contributed by atoms with E-state index in [1.54, 1.807) is 12.1 Å². The highest BCUT2D eigenvalue weighted by atomic mass is 16.7. The first-order valence-electron chi connectivity index (χ1n) is 8.03. The van der Waals surface area contributed by atoms with Gasteiger partial charge in [0.15, 0.2) is 12.3 Å². The lowest BCUT2D eigenvalue weighted by molar-refractivity contribution is -0.136. The Morgan fingerprint density at radius 3 is 2.62 bits per heavy atom. The minimum Gasteiger partial charge on any atom is -0.481 e. The molecule has 1 N–H and O–H groups in total. The zero-order valence-corrected chi connectivity index (χ0v) is 13.8. The molecule has 0 fully saturated rings. The molecule has 1 aliphatic heterocycles. The van der Waals surface area contributed by atoms with E-state index >= 15 is 0 Å². The van der Waals surface area contributed by atoms with E-state index in [4.69, 9.17) is 9.94 Å². The summed E-state index contributed by atoms with van der Waals surface area (Å²) in [6.07, 6.45) is 1.74. The molecule has 5 heteroatoms. The number of fused-ring (bicyclic) bond motifs is 1. The molecule has 1 unspecified atom stereocenters. The van der Waals surface area contributed by atoms with Gasteiger partial charge in [0.2, 0.25) is 5.69 Å². The standard InChI is InChI=1S/C19H20N2O3/c1-14(2)13-21(17-9-5-3-8-16(17)12-20-21)24-18-10-6-4-7-15(18)11-19(22)23/h3-10,12,14H,11,13H2,1-2H3/p+1. The molecule has 0 aromatic heterocycles. The maximum atomic E-state index is 11.1. The van der Waals surface area contributed by atoms with Crippen molar-refractivity contribution in [2.75, 3.05) is 6.54 Å². The van der Waals surface area contributed by atoms with Gasteiger partial charge in [0.25, 0.3) is 0 Å². The summed E-state index contributed by atoms with van der Waals surface area (Å²) < 4.78 is 0.00444. The van der Waals surface area contributed by atoms with Crippen LogP contribution in [0.3, 0.4) is 0 Å². The van der Waals surface area contributed by atoms with Crippen molar-refractivity contribution in [3.05, 3.63) is 59.7 Å². The smallest absolute Gasteiger partial charge is 0.307 e. The SMILES string of the molecule is CC(C)C[N+]1(Oc2ccccc2CC(=O)O)N=Cc2ccccc21. The predicted molar refractivity (Wildman–Crippen MR) is 93.9 cm³/mol. The van der Waals surface area contributed by atoms with Crippen LogP contribution in [0.5, 0.6) is 5.75 Å². The number of aliphatic carboxylic acids is 1. The molecule has 3 rings (SSSR count). The highest BCUT2D eigenvalue weighted by Gasteiger charge is 2.42. The summed E-state index contributed by atoms with van der Waals surface area (Å²) in [6.45, 7) is 4.89. The molecule has 0 saturated heterocycles. The maximum absolute atomic E-state index is 11.1. The van der Waals surface area contributed by atoms with E-state index < -0.39 is 5.97 Å². The number of hydrogen-bond acceptors (Lipinski definition) is 3. The Hall–Kier alpha value is -2.66. The fourth-order valence-corrected chi connectivity index (χ4v) is 2.95. The van der Waals surface area contributed by atoms with Crippen molar-refractivity contribution in [1.29, 1.82) is 0 Å². The van der Waals surface area contributed by atoms with Crippen molar-refractivity contribution < 1.29 is 14.7 Å². The van der Waals surface area contributed by atoms with Crippen LogP contribution in [0.25, 0.3) is 0 Å². The Balaban J connectivity index is 2.02. The van der Waals surface area contributed by atoms with Gasteiger partial charge < -0.3 is 5.11 Å². The fourth-order valence-electron chi connectivity index (χ4n) is 2.95. The van der Waals surface area contributed by atoms with E-state index in [1.807, 2.05) is 42.6 Å². The van der Waals surface area contributed by atoms with E-state index in [9.17, 15) is 4.79 Å². The summed E-state index contributed by atoms with van der Waals surface area (Å²) >= 11 is 0. The molecular formula is C19H21N2O3+. The number of hydrogen-bond donors (Lipinski definition) is 1. The third-order valence-electron chi connectivity index (χ3n) is 3.87. The summed E-state index contributed by atoms with van der Waals surface area (Å²) in [5, 5.41) is 13.8. The van der Waals surface area contributed by atoms with Gasteiger partial charge in [0.05, 0.1) is 12.0 Å². The van der Waals surface area contributed by atoms with Crippen LogP contribution in [-0.4, -0.2) is 23.8 Å². The lowest BCUT2D eigenvalue weighted by atomic mass is 10.1. The Bertz CT molecular complexity index is 786. The van der Waals surface area contributed by atoms with Crippen molar-refractivity contribution in [3.63, 3.8) is 0 Å². The molecule has 2 aromatic carbocycles. The topological polar surface area (TPSA) is 58.9 Å². The average Bonchev–Trinajstić information content (AvgIpc) is 2.87. The van der Waals surface area contributed by atoms with Crippen molar-refractivity contribution in [2.45, 2.75) is 20.3 Å². The zero-order chi connectivity index (χ0) is 17.2. The molecule has 24 heavy (non-hydrogen) atoms. The third-order valence-corrected chi connectivity index (χ3v) is 3.87. The summed E-state index contributed by atoms with van der Waals surface area (Å²) in [6, 6.07) is 15.2. The Morgan fingerprint density at radius 1 is 1.17 bits per heavy atom. The maximum Gasteiger partial charge on any atom is 0.307 e. The van der Waals surface area contributed by atoms with Crippen LogP contribution in [0, 0.1) is 5.92 Å². The molecule has 2 aromatic rings. The van der Waals surface area contributed by atoms with Crippen molar-refractivity contribution in [2.24, 2.45) is 11.0 Å². The van der Waals surface area contributed by atoms with E-state index in [1.165, 1.54) is 0 Å². The van der Waals surface area contributed by atoms with Gasteiger partial charge in [-0.15, -0.1) is 0 Å². The molecule has 0 spiro atoms. The molecular weight excluding hydrogens is 304 g/mol. The third kappa shape index (κ3) is 3.16. The second-order valence-electron chi connectivity index (χ2n) is 6.35. The number of quaternary nitrogens is 1. The fraction of sp³-hybridized carbons (Fsp3) is 0.263. The van der Waals surface area contributed by atoms with E-state index in [0.29, 0.717) is 23.8 Å². The van der Waals surface area contributed by atoms with Crippen LogP contribution in [-0.2, 0) is 11.2 Å². The first kappa shape index (κ1) is 16.2. The second-order valence-corrected chi connectivity index (χ2v) is 6.35. The van der Waals surface area contributed by atoms with Gasteiger partial charge in [-0.1, -0.05) is 44.2 Å². The number of rotatable bonds is 6. The van der Waals surface area contributed by atoms with Gasteiger partial charge in [-0.2, -0.15) is 0 Å². The van der Waals surface area contributed by atoms with Crippen molar-refractivity contribution in [1.82, 2.24) is 4.76 Å². The number of hydroxylamine groups is 1. The van der Waals surface area contributed by atoms with Crippen LogP contribution in [0.4, 0.5) is 5.69 Å². The Morgan fingerprint density at radius 2 is 1.88 bits per heavy atom. The number of benzene rings is 2. The molecule has 0 bridgehead atoms. The Labute approximate surface area is 141 Å². The molecule has 1 atom stereocenters. The van der Waals surface area contributed by atoms with Crippen LogP contribution in [0.2, 0.25) is 0 Å². The van der Waals surface area contributed by atoms with Crippen LogP contribution in [0.1, 0.15) is 25.0 Å². The van der Waals surface area contributed by atoms with Crippen LogP contribution >= 0.6 is 0 Å². The normalized spacial score (nSPS) is 18.6. The van der Waals surface area contributed by atoms with Crippen molar-refractivity contribution in [3.8, 4) is 5.75 Å². The highest BCUT2D eigenvalue weighted by Crippen LogP contribution is 2.36. The largest absolute Gasteiger partial charge is 0.481 e. The monoisotopic (exact) mass is 325 g/mol. The summed E-state index contributed by atoms with van der Waals surface area (Å²) in [7, 11) is 0. The summed E-state index contributed by atoms with van der Waals surface area (Å²) in [5.74, 6) is 0.0149. The first-order chi connectivity index (χ1) is 11.5. The number of carbonyl (C=O) groups is 1. The molecule has 1 heterocycles. The van der Waals surface area contributed by atoms with Crippen LogP contribution < -0.4 is 9.59 Å². The highest BCUT2D eigenvalue weighted by molar-refractivity contribution is 5.90. The minimum atomic E-state index is -0.883. The van der Waals surface area contributed by atoms with Gasteiger partial charge in [0, 0.05) is 22.3 Å². The molecule has 0 amide bonds.